The highest BCUT2D eigenvalue weighted by Crippen LogP contribution is 2.34. The SMILES string of the molecule is Cc1ccc2c(c1)N(CC(=O)N(C(C)C)C(C)C)C(=O)C(C)O2. The predicted octanol–water partition coefficient (Wildman–Crippen LogP) is 2.75. The van der Waals surface area contributed by atoms with Crippen molar-refractivity contribution in [3.8, 4) is 5.75 Å². The number of hydrogen-bond acceptors (Lipinski definition) is 3. The molecule has 0 aliphatic carbocycles. The average molecular weight is 318 g/mol. The second-order valence-corrected chi connectivity index (χ2v) is 6.64. The van der Waals surface area contributed by atoms with Gasteiger partial charge < -0.3 is 9.64 Å². The van der Waals surface area contributed by atoms with E-state index < -0.39 is 6.10 Å². The van der Waals surface area contributed by atoms with Crippen molar-refractivity contribution in [2.75, 3.05) is 11.4 Å². The summed E-state index contributed by atoms with van der Waals surface area (Å²) in [7, 11) is 0. The van der Waals surface area contributed by atoms with Crippen LogP contribution in [0.25, 0.3) is 0 Å². The maximum atomic E-state index is 12.7. The smallest absolute Gasteiger partial charge is 0.268 e. The standard InChI is InChI=1S/C18H26N2O3/c1-11(2)20(12(3)4)17(21)10-19-15-9-13(5)7-8-16(15)23-14(6)18(19)22/h7-9,11-12,14H,10H2,1-6H3. The fraction of sp³-hybridized carbons (Fsp3) is 0.556. The molecule has 126 valence electrons. The van der Waals surface area contributed by atoms with Crippen molar-refractivity contribution in [2.24, 2.45) is 0 Å². The van der Waals surface area contributed by atoms with Crippen LogP contribution in [0.2, 0.25) is 0 Å². The van der Waals surface area contributed by atoms with Crippen molar-refractivity contribution in [1.29, 1.82) is 0 Å². The molecule has 1 aromatic carbocycles. The summed E-state index contributed by atoms with van der Waals surface area (Å²) in [5.74, 6) is 0.421. The maximum Gasteiger partial charge on any atom is 0.268 e. The Morgan fingerprint density at radius 1 is 1.26 bits per heavy atom. The molecular weight excluding hydrogens is 292 g/mol. The summed E-state index contributed by atoms with van der Waals surface area (Å²) in [5.41, 5.74) is 1.70. The molecule has 1 aromatic rings. The minimum atomic E-state index is -0.579. The summed E-state index contributed by atoms with van der Waals surface area (Å²) >= 11 is 0. The van der Waals surface area contributed by atoms with E-state index in [2.05, 4.69) is 0 Å². The van der Waals surface area contributed by atoms with Crippen molar-refractivity contribution < 1.29 is 14.3 Å². The number of benzene rings is 1. The van der Waals surface area contributed by atoms with E-state index in [0.717, 1.165) is 5.56 Å². The fourth-order valence-electron chi connectivity index (χ4n) is 3.07. The lowest BCUT2D eigenvalue weighted by Crippen LogP contribution is -2.52. The fourth-order valence-corrected chi connectivity index (χ4v) is 3.07. The zero-order valence-electron chi connectivity index (χ0n) is 14.8. The molecule has 0 saturated heterocycles. The molecule has 5 heteroatoms. The van der Waals surface area contributed by atoms with Gasteiger partial charge >= 0.3 is 0 Å². The van der Waals surface area contributed by atoms with Gasteiger partial charge in [0.2, 0.25) is 5.91 Å². The van der Waals surface area contributed by atoms with E-state index in [1.807, 2.05) is 57.7 Å². The van der Waals surface area contributed by atoms with Gasteiger partial charge in [0.05, 0.1) is 5.69 Å². The highest BCUT2D eigenvalue weighted by molar-refractivity contribution is 6.03. The number of ether oxygens (including phenoxy) is 1. The third kappa shape index (κ3) is 3.49. The van der Waals surface area contributed by atoms with Gasteiger partial charge in [-0.05, 0) is 59.2 Å². The van der Waals surface area contributed by atoms with Crippen molar-refractivity contribution in [3.05, 3.63) is 23.8 Å². The van der Waals surface area contributed by atoms with E-state index in [0.29, 0.717) is 11.4 Å². The van der Waals surface area contributed by atoms with E-state index in [-0.39, 0.29) is 30.4 Å². The number of fused-ring (bicyclic) bond motifs is 1. The molecule has 1 unspecified atom stereocenters. The normalized spacial score (nSPS) is 17.3. The van der Waals surface area contributed by atoms with Gasteiger partial charge in [-0.2, -0.15) is 0 Å². The topological polar surface area (TPSA) is 49.9 Å². The first kappa shape index (κ1) is 17.3. The maximum absolute atomic E-state index is 12.7. The molecular formula is C18H26N2O3. The van der Waals surface area contributed by atoms with Crippen LogP contribution in [0.15, 0.2) is 18.2 Å². The Morgan fingerprint density at radius 2 is 1.87 bits per heavy atom. The van der Waals surface area contributed by atoms with Gasteiger partial charge in [-0.1, -0.05) is 6.07 Å². The van der Waals surface area contributed by atoms with Crippen LogP contribution in [0.5, 0.6) is 5.75 Å². The van der Waals surface area contributed by atoms with Crippen LogP contribution in [0.3, 0.4) is 0 Å². The lowest BCUT2D eigenvalue weighted by Gasteiger charge is -2.36. The van der Waals surface area contributed by atoms with E-state index in [1.165, 1.54) is 0 Å². The molecule has 1 heterocycles. The largest absolute Gasteiger partial charge is 0.479 e. The molecule has 0 aromatic heterocycles. The number of rotatable bonds is 4. The van der Waals surface area contributed by atoms with Gasteiger partial charge in [0.25, 0.3) is 5.91 Å². The summed E-state index contributed by atoms with van der Waals surface area (Å²) in [4.78, 5) is 28.6. The van der Waals surface area contributed by atoms with Gasteiger partial charge in [-0.15, -0.1) is 0 Å². The van der Waals surface area contributed by atoms with Crippen LogP contribution in [-0.4, -0.2) is 41.4 Å². The number of carbonyl (C=O) groups excluding carboxylic acids is 2. The second-order valence-electron chi connectivity index (χ2n) is 6.64. The van der Waals surface area contributed by atoms with Crippen LogP contribution in [-0.2, 0) is 9.59 Å². The molecule has 1 aliphatic heterocycles. The Hall–Kier alpha value is -2.04. The Bertz CT molecular complexity index is 602. The summed E-state index contributed by atoms with van der Waals surface area (Å²) in [6, 6.07) is 5.87. The predicted molar refractivity (Wildman–Crippen MR) is 90.7 cm³/mol. The van der Waals surface area contributed by atoms with E-state index in [4.69, 9.17) is 4.74 Å². The number of hydrogen-bond donors (Lipinski definition) is 0. The lowest BCUT2D eigenvalue weighted by atomic mass is 10.1. The molecule has 0 fully saturated rings. The number of aryl methyl sites for hydroxylation is 1. The average Bonchev–Trinajstić information content (AvgIpc) is 2.44. The molecule has 2 amide bonds. The molecule has 1 aliphatic rings. The zero-order chi connectivity index (χ0) is 17.3. The highest BCUT2D eigenvalue weighted by Gasteiger charge is 2.34. The Kier molecular flexibility index (Phi) is 4.97. The summed E-state index contributed by atoms with van der Waals surface area (Å²) in [6.45, 7) is 11.7. The van der Waals surface area contributed by atoms with E-state index >= 15 is 0 Å². The zero-order valence-corrected chi connectivity index (χ0v) is 14.8. The molecule has 2 rings (SSSR count). The first-order valence-electron chi connectivity index (χ1n) is 8.12. The molecule has 0 saturated carbocycles. The van der Waals surface area contributed by atoms with Crippen LogP contribution in [0.4, 0.5) is 5.69 Å². The first-order chi connectivity index (χ1) is 10.7. The molecule has 23 heavy (non-hydrogen) atoms. The minimum Gasteiger partial charge on any atom is -0.479 e. The monoisotopic (exact) mass is 318 g/mol. The molecule has 0 N–H and O–H groups in total. The van der Waals surface area contributed by atoms with Crippen molar-refractivity contribution in [3.63, 3.8) is 0 Å². The minimum absolute atomic E-state index is 0.0410. The Balaban J connectivity index is 2.33. The van der Waals surface area contributed by atoms with Crippen molar-refractivity contribution in [2.45, 2.75) is 59.7 Å². The molecule has 5 nitrogen and oxygen atoms in total. The van der Waals surface area contributed by atoms with Crippen LogP contribution < -0.4 is 9.64 Å². The molecule has 1 atom stereocenters. The van der Waals surface area contributed by atoms with Gasteiger partial charge in [-0.25, -0.2) is 0 Å². The molecule has 0 radical (unpaired) electrons. The van der Waals surface area contributed by atoms with Gasteiger partial charge in [0.15, 0.2) is 6.10 Å². The third-order valence-corrected chi connectivity index (χ3v) is 4.02. The lowest BCUT2D eigenvalue weighted by molar-refractivity contribution is -0.135. The molecule has 0 bridgehead atoms. The van der Waals surface area contributed by atoms with Crippen LogP contribution in [0.1, 0.15) is 40.2 Å². The summed E-state index contributed by atoms with van der Waals surface area (Å²) in [6.07, 6.45) is -0.579. The number of anilines is 1. The number of nitrogens with zero attached hydrogens (tertiary/aromatic N) is 2. The van der Waals surface area contributed by atoms with Crippen molar-refractivity contribution >= 4 is 17.5 Å². The Labute approximate surface area is 138 Å². The van der Waals surface area contributed by atoms with Gasteiger partial charge in [-0.3, -0.25) is 14.5 Å². The Morgan fingerprint density at radius 3 is 2.43 bits per heavy atom. The van der Waals surface area contributed by atoms with Gasteiger partial charge in [0.1, 0.15) is 12.3 Å². The van der Waals surface area contributed by atoms with Crippen LogP contribution >= 0.6 is 0 Å². The summed E-state index contributed by atoms with van der Waals surface area (Å²) in [5, 5.41) is 0. The van der Waals surface area contributed by atoms with Crippen molar-refractivity contribution in [1.82, 2.24) is 4.90 Å². The number of carbonyl (C=O) groups is 2. The third-order valence-electron chi connectivity index (χ3n) is 4.02. The second kappa shape index (κ2) is 6.60. The highest BCUT2D eigenvalue weighted by atomic mass is 16.5. The van der Waals surface area contributed by atoms with E-state index in [9.17, 15) is 9.59 Å². The first-order valence-corrected chi connectivity index (χ1v) is 8.12. The number of amides is 2. The van der Waals surface area contributed by atoms with Gasteiger partial charge in [0, 0.05) is 12.1 Å². The van der Waals surface area contributed by atoms with Crippen LogP contribution in [0, 0.1) is 6.92 Å². The summed E-state index contributed by atoms with van der Waals surface area (Å²) < 4.78 is 5.65. The van der Waals surface area contributed by atoms with E-state index in [1.54, 1.807) is 11.8 Å². The molecule has 0 spiro atoms. The quantitative estimate of drug-likeness (QED) is 0.858.